The van der Waals surface area contributed by atoms with Crippen molar-refractivity contribution in [2.24, 2.45) is 22.2 Å². The predicted octanol–water partition coefficient (Wildman–Crippen LogP) is -1.72. The molecule has 0 aliphatic rings. The van der Waals surface area contributed by atoms with Crippen molar-refractivity contribution in [2.45, 2.75) is 44.3 Å². The Morgan fingerprint density at radius 2 is 1.80 bits per heavy atom. The molecule has 0 aliphatic carbocycles. The second-order valence-electron chi connectivity index (χ2n) is 8.04. The number of hydrogen-bond acceptors (Lipinski definition) is 6. The number of aromatic nitrogens is 1. The number of aliphatic imine (C=N–C) groups is 1. The third-order valence-electron chi connectivity index (χ3n) is 5.15. The zero-order valence-corrected chi connectivity index (χ0v) is 19.4. The average Bonchev–Trinajstić information content (AvgIpc) is 3.21. The van der Waals surface area contributed by atoms with E-state index in [0.29, 0.717) is 6.42 Å². The normalized spacial score (nSPS) is 13.3. The van der Waals surface area contributed by atoms with Crippen LogP contribution in [0.2, 0.25) is 0 Å². The zero-order valence-electron chi connectivity index (χ0n) is 19.4. The van der Waals surface area contributed by atoms with Gasteiger partial charge < -0.3 is 43.2 Å². The molecule has 190 valence electrons. The lowest BCUT2D eigenvalue weighted by molar-refractivity contribution is -0.142. The molecular weight excluding hydrogens is 456 g/mol. The van der Waals surface area contributed by atoms with Crippen LogP contribution in [0.25, 0.3) is 10.9 Å². The predicted molar refractivity (Wildman–Crippen MR) is 130 cm³/mol. The lowest BCUT2D eigenvalue weighted by Crippen LogP contribution is -2.54. The minimum absolute atomic E-state index is 0.0794. The molecule has 3 amide bonds. The fraction of sp³-hybridized carbons (Fsp3) is 0.409. The van der Waals surface area contributed by atoms with E-state index >= 15 is 0 Å². The van der Waals surface area contributed by atoms with Gasteiger partial charge >= 0.3 is 5.97 Å². The number of aliphatic carboxylic acids is 1. The van der Waals surface area contributed by atoms with E-state index in [0.717, 1.165) is 16.5 Å². The second kappa shape index (κ2) is 12.9. The van der Waals surface area contributed by atoms with Gasteiger partial charge in [-0.3, -0.25) is 19.4 Å². The minimum Gasteiger partial charge on any atom is -0.480 e. The first kappa shape index (κ1) is 27.1. The van der Waals surface area contributed by atoms with Crippen molar-refractivity contribution >= 4 is 40.6 Å². The molecular formula is C22H32N8O5. The van der Waals surface area contributed by atoms with E-state index in [1.54, 1.807) is 6.20 Å². The number of rotatable bonds is 13. The van der Waals surface area contributed by atoms with Crippen molar-refractivity contribution in [1.29, 1.82) is 0 Å². The molecule has 3 unspecified atom stereocenters. The van der Waals surface area contributed by atoms with E-state index in [1.165, 1.54) is 6.92 Å². The van der Waals surface area contributed by atoms with E-state index in [-0.39, 0.29) is 31.9 Å². The molecule has 1 heterocycles. The van der Waals surface area contributed by atoms with Gasteiger partial charge in [-0.15, -0.1) is 0 Å². The summed E-state index contributed by atoms with van der Waals surface area (Å²) in [7, 11) is 0. The van der Waals surface area contributed by atoms with Gasteiger partial charge in [0.15, 0.2) is 5.96 Å². The molecule has 35 heavy (non-hydrogen) atoms. The van der Waals surface area contributed by atoms with Crippen molar-refractivity contribution < 1.29 is 24.3 Å². The summed E-state index contributed by atoms with van der Waals surface area (Å²) in [5, 5.41) is 17.8. The molecule has 13 heteroatoms. The number of carboxylic acids is 1. The molecule has 2 rings (SSSR count). The Labute approximate surface area is 201 Å². The molecule has 0 spiro atoms. The van der Waals surface area contributed by atoms with Gasteiger partial charge in [0.05, 0.1) is 12.6 Å². The monoisotopic (exact) mass is 488 g/mol. The maximum Gasteiger partial charge on any atom is 0.326 e. The van der Waals surface area contributed by atoms with Crippen molar-refractivity contribution in [3.05, 3.63) is 36.0 Å². The van der Waals surface area contributed by atoms with Crippen molar-refractivity contribution in [1.82, 2.24) is 20.9 Å². The Kier molecular flexibility index (Phi) is 10.0. The second-order valence-corrected chi connectivity index (χ2v) is 8.04. The summed E-state index contributed by atoms with van der Waals surface area (Å²) >= 11 is 0. The van der Waals surface area contributed by atoms with Gasteiger partial charge in [-0.05, 0) is 31.4 Å². The topological polar surface area (TPSA) is 231 Å². The molecule has 0 fully saturated rings. The lowest BCUT2D eigenvalue weighted by atomic mass is 10.0. The Morgan fingerprint density at radius 1 is 1.09 bits per heavy atom. The van der Waals surface area contributed by atoms with Crippen molar-refractivity contribution in [3.8, 4) is 0 Å². The zero-order chi connectivity index (χ0) is 26.0. The number of guanidine groups is 1. The number of carboxylic acid groups (broad SMARTS) is 1. The first-order chi connectivity index (χ1) is 16.6. The number of carbonyl (C=O) groups is 4. The van der Waals surface area contributed by atoms with Crippen LogP contribution in [0.3, 0.4) is 0 Å². The molecule has 1 aromatic heterocycles. The highest BCUT2D eigenvalue weighted by atomic mass is 16.4. The number of benzene rings is 1. The first-order valence-corrected chi connectivity index (χ1v) is 11.0. The summed E-state index contributed by atoms with van der Waals surface area (Å²) in [6.45, 7) is 1.29. The largest absolute Gasteiger partial charge is 0.480 e. The summed E-state index contributed by atoms with van der Waals surface area (Å²) in [4.78, 5) is 55.8. The standard InChI is InChI=1S/C22H32N8O5/c1-12(23)19(32)28-11-18(31)29-17(9-13-10-27-15-6-3-2-5-14(13)15)20(33)30-16(21(34)35)7-4-8-26-22(24)25/h2-3,5-6,10,12,16-17,27H,4,7-9,11,23H2,1H3,(H,28,32)(H,29,31)(H,30,33)(H,34,35)(H4,24,25,26). The number of nitrogens with one attached hydrogen (secondary N) is 4. The van der Waals surface area contributed by atoms with Crippen LogP contribution >= 0.6 is 0 Å². The highest BCUT2D eigenvalue weighted by molar-refractivity contribution is 5.93. The van der Waals surface area contributed by atoms with Crippen LogP contribution in [0, 0.1) is 0 Å². The number of nitrogens with zero attached hydrogens (tertiary/aromatic N) is 1. The van der Waals surface area contributed by atoms with Crippen LogP contribution in [-0.4, -0.2) is 71.0 Å². The molecule has 11 N–H and O–H groups in total. The maximum atomic E-state index is 13.1. The van der Waals surface area contributed by atoms with Crippen molar-refractivity contribution in [3.63, 3.8) is 0 Å². The van der Waals surface area contributed by atoms with Gasteiger partial charge in [0.2, 0.25) is 17.7 Å². The molecule has 0 bridgehead atoms. The van der Waals surface area contributed by atoms with Crippen LogP contribution < -0.4 is 33.2 Å². The SMILES string of the molecule is CC(N)C(=O)NCC(=O)NC(Cc1c[nH]c2ccccc12)C(=O)NC(CCCN=C(N)N)C(=O)O. The third kappa shape index (κ3) is 8.62. The van der Waals surface area contributed by atoms with Crippen molar-refractivity contribution in [2.75, 3.05) is 13.1 Å². The highest BCUT2D eigenvalue weighted by Crippen LogP contribution is 2.19. The van der Waals surface area contributed by atoms with Crippen LogP contribution in [0.5, 0.6) is 0 Å². The number of fused-ring (bicyclic) bond motifs is 1. The third-order valence-corrected chi connectivity index (χ3v) is 5.15. The van der Waals surface area contributed by atoms with Crippen LogP contribution in [0.4, 0.5) is 0 Å². The van der Waals surface area contributed by atoms with Crippen LogP contribution in [0.1, 0.15) is 25.3 Å². The smallest absolute Gasteiger partial charge is 0.326 e. The molecule has 0 aliphatic heterocycles. The Hall–Kier alpha value is -4.13. The summed E-state index contributed by atoms with van der Waals surface area (Å²) in [5.41, 5.74) is 17.6. The molecule has 0 saturated heterocycles. The fourth-order valence-corrected chi connectivity index (χ4v) is 3.34. The van der Waals surface area contributed by atoms with Crippen LogP contribution in [-0.2, 0) is 25.6 Å². The van der Waals surface area contributed by atoms with Gasteiger partial charge in [0.25, 0.3) is 0 Å². The number of para-hydroxylation sites is 1. The van der Waals surface area contributed by atoms with Crippen LogP contribution in [0.15, 0.2) is 35.5 Å². The molecule has 0 saturated carbocycles. The summed E-state index contributed by atoms with van der Waals surface area (Å²) in [6, 6.07) is 4.31. The minimum atomic E-state index is -1.23. The number of hydrogen-bond donors (Lipinski definition) is 8. The van der Waals surface area contributed by atoms with E-state index < -0.39 is 41.8 Å². The van der Waals surface area contributed by atoms with E-state index in [4.69, 9.17) is 17.2 Å². The van der Waals surface area contributed by atoms with Gasteiger partial charge in [0, 0.05) is 30.1 Å². The number of H-pyrrole nitrogens is 1. The molecule has 2 aromatic rings. The van der Waals surface area contributed by atoms with Gasteiger partial charge in [0.1, 0.15) is 12.1 Å². The Balaban J connectivity index is 2.15. The molecule has 0 radical (unpaired) electrons. The van der Waals surface area contributed by atoms with E-state index in [9.17, 15) is 24.3 Å². The lowest BCUT2D eigenvalue weighted by Gasteiger charge is -2.21. The molecule has 1 aromatic carbocycles. The van der Waals surface area contributed by atoms with E-state index in [2.05, 4.69) is 25.9 Å². The van der Waals surface area contributed by atoms with Gasteiger partial charge in [-0.25, -0.2) is 4.79 Å². The average molecular weight is 489 g/mol. The number of amides is 3. The maximum absolute atomic E-state index is 13.1. The Bertz CT molecular complexity index is 1080. The summed E-state index contributed by atoms with van der Waals surface area (Å²) in [5.74, 6) is -3.18. The van der Waals surface area contributed by atoms with E-state index in [1.807, 2.05) is 24.3 Å². The number of aromatic amines is 1. The summed E-state index contributed by atoms with van der Waals surface area (Å²) < 4.78 is 0. The Morgan fingerprint density at radius 3 is 2.46 bits per heavy atom. The van der Waals surface area contributed by atoms with Gasteiger partial charge in [-0.1, -0.05) is 18.2 Å². The quantitative estimate of drug-likeness (QED) is 0.0915. The number of carbonyl (C=O) groups excluding carboxylic acids is 3. The molecule has 13 nitrogen and oxygen atoms in total. The summed E-state index contributed by atoms with van der Waals surface area (Å²) in [6.07, 6.45) is 2.20. The first-order valence-electron chi connectivity index (χ1n) is 11.0. The number of nitrogens with two attached hydrogens (primary N) is 3. The van der Waals surface area contributed by atoms with Gasteiger partial charge in [-0.2, -0.15) is 0 Å². The fourth-order valence-electron chi connectivity index (χ4n) is 3.34. The highest BCUT2D eigenvalue weighted by Gasteiger charge is 2.27. The molecule has 3 atom stereocenters.